The Balaban J connectivity index is 0.979. The number of hydrogen-bond donors (Lipinski definition) is 5. The molecule has 366 valence electrons. The molecule has 8 rings (SSSR count). The van der Waals surface area contributed by atoms with Gasteiger partial charge >= 0.3 is 13.1 Å². The minimum absolute atomic E-state index is 0.00666. The molecule has 5 atom stereocenters. The van der Waals surface area contributed by atoms with Crippen LogP contribution in [-0.2, 0) is 39.1 Å². The Morgan fingerprint density at radius 3 is 2.31 bits per heavy atom. The number of anilines is 1. The number of urea groups is 1. The van der Waals surface area contributed by atoms with Crippen molar-refractivity contribution < 1.29 is 38.7 Å². The van der Waals surface area contributed by atoms with Crippen LogP contribution in [0.3, 0.4) is 0 Å². The monoisotopic (exact) mass is 949 g/mol. The lowest BCUT2D eigenvalue weighted by Gasteiger charge is -2.37. The molecule has 1 aromatic heterocycles. The van der Waals surface area contributed by atoms with Gasteiger partial charge in [0, 0.05) is 54.8 Å². The average Bonchev–Trinajstić information content (AvgIpc) is 3.81. The zero-order chi connectivity index (χ0) is 50.1. The number of aromatic hydroxyl groups is 2. The van der Waals surface area contributed by atoms with E-state index in [0.29, 0.717) is 54.7 Å². The number of hydrogen-bond acceptors (Lipinski definition) is 10. The van der Waals surface area contributed by atoms with Gasteiger partial charge in [0.15, 0.2) is 0 Å². The molecular weight excluding hydrogens is 885 g/mol. The standard InChI is InChI=1S/C54H64BN7O8/c1-9-42-48(41-28-40(33(4)5)45(63)29-46(41)64)62(52(68)59-42)39-20-17-35-21-24-61(31-37(35)27-39)51(67)36-15-18-38(19-16-36)54(8)53(6,7)69-55(70-54)47(25-32(2)3)60-49(65)43(26-34-13-11-10-12-14-34)58-50(66)44-30-56-22-23-57-44/h10-20,22-23,27-30,32-33,42-43,47-48,63-64H,9,21,24-26,31H2,1-8H3,(H,58,66)(H,59,68)(H,60,65). The molecule has 4 aromatic carbocycles. The molecule has 3 aliphatic heterocycles. The van der Waals surface area contributed by atoms with E-state index in [1.165, 1.54) is 24.7 Å². The fourth-order valence-corrected chi connectivity index (χ4v) is 9.98. The van der Waals surface area contributed by atoms with Crippen LogP contribution in [-0.4, -0.2) is 86.1 Å². The molecule has 0 bridgehead atoms. The Labute approximate surface area is 410 Å². The Bertz CT molecular complexity index is 2720. The molecule has 3 aliphatic rings. The number of fused-ring (bicyclic) bond motifs is 1. The van der Waals surface area contributed by atoms with E-state index >= 15 is 0 Å². The predicted molar refractivity (Wildman–Crippen MR) is 267 cm³/mol. The van der Waals surface area contributed by atoms with E-state index in [2.05, 4.69) is 39.8 Å². The Hall–Kier alpha value is -6.78. The van der Waals surface area contributed by atoms with Crippen molar-refractivity contribution in [3.05, 3.63) is 148 Å². The summed E-state index contributed by atoms with van der Waals surface area (Å²) < 4.78 is 13.6. The topological polar surface area (TPSA) is 196 Å². The van der Waals surface area contributed by atoms with Crippen molar-refractivity contribution in [3.63, 3.8) is 0 Å². The van der Waals surface area contributed by atoms with Crippen molar-refractivity contribution in [2.45, 2.75) is 129 Å². The zero-order valence-electron chi connectivity index (χ0n) is 41.2. The third kappa shape index (κ3) is 10.1. The molecule has 0 aliphatic carbocycles. The second-order valence-corrected chi connectivity index (χ2v) is 20.1. The Morgan fingerprint density at radius 1 is 0.900 bits per heavy atom. The van der Waals surface area contributed by atoms with Crippen molar-refractivity contribution in [1.29, 1.82) is 0 Å². The molecule has 0 radical (unpaired) electrons. The number of nitrogens with zero attached hydrogens (tertiary/aromatic N) is 4. The summed E-state index contributed by atoms with van der Waals surface area (Å²) in [4.78, 5) is 67.1. The summed E-state index contributed by atoms with van der Waals surface area (Å²) >= 11 is 0. The van der Waals surface area contributed by atoms with Gasteiger partial charge in [0.25, 0.3) is 11.8 Å². The number of rotatable bonds is 15. The SMILES string of the molecule is CCC1NC(=O)N(c2ccc3c(c2)CN(C(=O)c2ccc(C4(C)OB(C(CC(C)C)NC(=O)C(Cc5ccccc5)NC(=O)c5cnccn5)OC4(C)C)cc2)CC3)C1c1cc(C(C)C)c(O)cc1O. The fraction of sp³-hybridized carbons (Fsp3) is 0.407. The van der Waals surface area contributed by atoms with Crippen molar-refractivity contribution in [1.82, 2.24) is 30.8 Å². The molecule has 2 saturated heterocycles. The first kappa shape index (κ1) is 49.6. The molecule has 5 N–H and O–H groups in total. The number of nitrogens with one attached hydrogen (secondary N) is 3. The third-order valence-electron chi connectivity index (χ3n) is 14.2. The molecule has 0 spiro atoms. The van der Waals surface area contributed by atoms with Crippen LogP contribution in [0, 0.1) is 5.92 Å². The minimum Gasteiger partial charge on any atom is -0.508 e. The normalized spacial score (nSPS) is 20.5. The Morgan fingerprint density at radius 2 is 1.64 bits per heavy atom. The van der Waals surface area contributed by atoms with Gasteiger partial charge in [-0.15, -0.1) is 0 Å². The number of benzene rings is 4. The first-order chi connectivity index (χ1) is 33.4. The minimum atomic E-state index is -0.993. The summed E-state index contributed by atoms with van der Waals surface area (Å²) in [6.45, 7) is 16.7. The van der Waals surface area contributed by atoms with E-state index in [0.717, 1.165) is 22.3 Å². The molecule has 15 nitrogen and oxygen atoms in total. The van der Waals surface area contributed by atoms with Gasteiger partial charge in [-0.25, -0.2) is 9.78 Å². The lowest BCUT2D eigenvalue weighted by atomic mass is 9.73. The van der Waals surface area contributed by atoms with Gasteiger partial charge in [0.1, 0.15) is 28.8 Å². The van der Waals surface area contributed by atoms with Gasteiger partial charge < -0.3 is 40.4 Å². The van der Waals surface area contributed by atoms with E-state index in [-0.39, 0.29) is 53.4 Å². The highest BCUT2D eigenvalue weighted by molar-refractivity contribution is 6.48. The van der Waals surface area contributed by atoms with Gasteiger partial charge in [-0.3, -0.25) is 24.3 Å². The van der Waals surface area contributed by atoms with Crippen LogP contribution in [0.5, 0.6) is 11.5 Å². The molecule has 5 amide bonds. The van der Waals surface area contributed by atoms with E-state index in [1.807, 2.05) is 119 Å². The predicted octanol–water partition coefficient (Wildman–Crippen LogP) is 7.90. The van der Waals surface area contributed by atoms with Crippen LogP contribution < -0.4 is 20.9 Å². The first-order valence-corrected chi connectivity index (χ1v) is 24.3. The molecule has 70 heavy (non-hydrogen) atoms. The molecule has 2 fully saturated rings. The van der Waals surface area contributed by atoms with Crippen LogP contribution in [0.1, 0.15) is 134 Å². The second-order valence-electron chi connectivity index (χ2n) is 20.1. The number of phenolic OH excluding ortho intramolecular Hbond substituents is 2. The van der Waals surface area contributed by atoms with Gasteiger partial charge in [0.05, 0.1) is 29.8 Å². The van der Waals surface area contributed by atoms with Crippen LogP contribution in [0.15, 0.2) is 104 Å². The summed E-state index contributed by atoms with van der Waals surface area (Å²) in [5.74, 6) is -1.56. The van der Waals surface area contributed by atoms with E-state index in [1.54, 1.807) is 11.0 Å². The van der Waals surface area contributed by atoms with E-state index < -0.39 is 48.2 Å². The Kier molecular flexibility index (Phi) is 14.4. The van der Waals surface area contributed by atoms with Gasteiger partial charge in [-0.1, -0.05) is 83.1 Å². The highest BCUT2D eigenvalue weighted by Gasteiger charge is 2.57. The maximum Gasteiger partial charge on any atom is 0.482 e. The summed E-state index contributed by atoms with van der Waals surface area (Å²) in [6.07, 6.45) is 6.28. The second kappa shape index (κ2) is 20.3. The molecular formula is C54H64BN7O8. The summed E-state index contributed by atoms with van der Waals surface area (Å²) in [6, 6.07) is 23.9. The lowest BCUT2D eigenvalue weighted by molar-refractivity contribution is -0.123. The summed E-state index contributed by atoms with van der Waals surface area (Å²) in [5, 5.41) is 30.9. The molecule has 5 aromatic rings. The highest BCUT2D eigenvalue weighted by Crippen LogP contribution is 2.47. The molecule has 16 heteroatoms. The van der Waals surface area contributed by atoms with Gasteiger partial charge in [-0.2, -0.15) is 0 Å². The first-order valence-electron chi connectivity index (χ1n) is 24.3. The van der Waals surface area contributed by atoms with Crippen LogP contribution in [0.4, 0.5) is 10.5 Å². The van der Waals surface area contributed by atoms with Crippen molar-refractivity contribution in [3.8, 4) is 11.5 Å². The molecule has 0 saturated carbocycles. The summed E-state index contributed by atoms with van der Waals surface area (Å²) in [5.41, 5.74) is 4.31. The van der Waals surface area contributed by atoms with Crippen molar-refractivity contribution in [2.75, 3.05) is 11.4 Å². The number of aromatic nitrogens is 2. The third-order valence-corrected chi connectivity index (χ3v) is 14.2. The molecule has 5 unspecified atom stereocenters. The number of carbonyl (C=O) groups excluding carboxylic acids is 4. The zero-order valence-corrected chi connectivity index (χ0v) is 41.2. The van der Waals surface area contributed by atoms with E-state index in [4.69, 9.17) is 9.31 Å². The van der Waals surface area contributed by atoms with Gasteiger partial charge in [0.2, 0.25) is 5.91 Å². The maximum atomic E-state index is 14.3. The average molecular weight is 950 g/mol. The maximum absolute atomic E-state index is 14.3. The summed E-state index contributed by atoms with van der Waals surface area (Å²) in [7, 11) is -0.849. The van der Waals surface area contributed by atoms with Crippen molar-refractivity contribution in [2.24, 2.45) is 5.92 Å². The van der Waals surface area contributed by atoms with E-state index in [9.17, 15) is 29.4 Å². The lowest BCUT2D eigenvalue weighted by Crippen LogP contribution is -2.55. The van der Waals surface area contributed by atoms with Crippen molar-refractivity contribution >= 4 is 36.6 Å². The highest BCUT2D eigenvalue weighted by atomic mass is 16.7. The molecule has 4 heterocycles. The smallest absolute Gasteiger partial charge is 0.482 e. The fourth-order valence-electron chi connectivity index (χ4n) is 9.98. The quantitative estimate of drug-likeness (QED) is 0.0644. The van der Waals surface area contributed by atoms with Gasteiger partial charge in [-0.05, 0) is 110 Å². The number of amides is 5. The largest absolute Gasteiger partial charge is 0.508 e. The number of carbonyl (C=O) groups is 4. The van der Waals surface area contributed by atoms with Crippen LogP contribution >= 0.6 is 0 Å². The van der Waals surface area contributed by atoms with Crippen LogP contribution in [0.2, 0.25) is 0 Å². The van der Waals surface area contributed by atoms with Crippen LogP contribution in [0.25, 0.3) is 0 Å². The number of phenols is 2.